The Bertz CT molecular complexity index is 523. The smallest absolute Gasteiger partial charge is 0.275 e. The number of aromatic amines is 1. The van der Waals surface area contributed by atoms with Crippen molar-refractivity contribution >= 4 is 11.6 Å². The van der Waals surface area contributed by atoms with Gasteiger partial charge in [0.15, 0.2) is 0 Å². The molecule has 4 N–H and O–H groups in total. The Morgan fingerprint density at radius 2 is 2.06 bits per heavy atom. The van der Waals surface area contributed by atoms with E-state index in [1.165, 1.54) is 6.20 Å². The zero-order chi connectivity index (χ0) is 11.4. The van der Waals surface area contributed by atoms with Gasteiger partial charge in [-0.25, -0.2) is 15.0 Å². The van der Waals surface area contributed by atoms with Crippen molar-refractivity contribution in [3.05, 3.63) is 40.8 Å². The maximum atomic E-state index is 11.2. The van der Waals surface area contributed by atoms with E-state index in [1.54, 1.807) is 18.5 Å². The lowest BCUT2D eigenvalue weighted by Gasteiger charge is -2.03. The molecular formula is C9H10N6O. The lowest BCUT2D eigenvalue weighted by molar-refractivity contribution is 0.926. The van der Waals surface area contributed by atoms with Gasteiger partial charge in [-0.1, -0.05) is 0 Å². The maximum Gasteiger partial charge on any atom is 0.275 e. The molecule has 0 spiro atoms. The molecule has 0 radical (unpaired) electrons. The van der Waals surface area contributed by atoms with E-state index in [2.05, 4.69) is 25.3 Å². The molecule has 0 saturated carbocycles. The van der Waals surface area contributed by atoms with E-state index in [4.69, 9.17) is 5.73 Å². The van der Waals surface area contributed by atoms with E-state index < -0.39 is 0 Å². The predicted octanol–water partition coefficient (Wildman–Crippen LogP) is -0.246. The van der Waals surface area contributed by atoms with Gasteiger partial charge in [0.1, 0.15) is 11.5 Å². The van der Waals surface area contributed by atoms with E-state index in [9.17, 15) is 4.79 Å². The maximum absolute atomic E-state index is 11.2. The molecule has 2 aromatic rings. The molecule has 16 heavy (non-hydrogen) atoms. The number of nitrogens with two attached hydrogens (primary N) is 1. The Hall–Kier alpha value is -2.44. The number of hydrogen-bond acceptors (Lipinski definition) is 6. The zero-order valence-electron chi connectivity index (χ0n) is 8.34. The normalized spacial score (nSPS) is 10.0. The van der Waals surface area contributed by atoms with Gasteiger partial charge < -0.3 is 11.1 Å². The summed E-state index contributed by atoms with van der Waals surface area (Å²) in [5.74, 6) is 0.952. The van der Waals surface area contributed by atoms with Crippen LogP contribution in [-0.2, 0) is 6.54 Å². The van der Waals surface area contributed by atoms with Crippen LogP contribution in [0, 0.1) is 0 Å². The number of nitrogen functional groups attached to an aromatic ring is 1. The molecule has 7 nitrogen and oxygen atoms in total. The Balaban J connectivity index is 2.05. The van der Waals surface area contributed by atoms with E-state index >= 15 is 0 Å². The van der Waals surface area contributed by atoms with E-state index in [0.29, 0.717) is 18.3 Å². The topological polar surface area (TPSA) is 110 Å². The minimum atomic E-state index is -0.369. The van der Waals surface area contributed by atoms with Crippen LogP contribution in [0.4, 0.5) is 11.6 Å². The standard InChI is InChI=1S/C9H10N6O/c10-6-4-13-9(15-8(6)16)14-5-7-11-2-1-3-12-7/h1-4H,5,10H2,(H2,13,14,15,16). The van der Waals surface area contributed by atoms with Gasteiger partial charge in [0, 0.05) is 12.4 Å². The third-order valence-electron chi connectivity index (χ3n) is 1.86. The molecule has 0 amide bonds. The Morgan fingerprint density at radius 3 is 2.75 bits per heavy atom. The highest BCUT2D eigenvalue weighted by molar-refractivity contribution is 5.35. The largest absolute Gasteiger partial charge is 0.393 e. The number of aromatic nitrogens is 4. The third kappa shape index (κ3) is 2.32. The van der Waals surface area contributed by atoms with Crippen LogP contribution in [0.5, 0.6) is 0 Å². The van der Waals surface area contributed by atoms with Gasteiger partial charge >= 0.3 is 0 Å². The monoisotopic (exact) mass is 218 g/mol. The summed E-state index contributed by atoms with van der Waals surface area (Å²) in [7, 11) is 0. The van der Waals surface area contributed by atoms with Crippen LogP contribution in [0.25, 0.3) is 0 Å². The van der Waals surface area contributed by atoms with Gasteiger partial charge in [0.2, 0.25) is 5.95 Å². The number of anilines is 2. The fraction of sp³-hybridized carbons (Fsp3) is 0.111. The lowest BCUT2D eigenvalue weighted by Crippen LogP contribution is -2.16. The minimum absolute atomic E-state index is 0.0847. The second-order valence-electron chi connectivity index (χ2n) is 3.03. The molecule has 0 aromatic carbocycles. The van der Waals surface area contributed by atoms with Crippen molar-refractivity contribution in [2.45, 2.75) is 6.54 Å². The molecule has 0 aliphatic rings. The molecular weight excluding hydrogens is 208 g/mol. The summed E-state index contributed by atoms with van der Waals surface area (Å²) in [5, 5.41) is 2.88. The number of H-pyrrole nitrogens is 1. The first-order valence-electron chi connectivity index (χ1n) is 4.60. The van der Waals surface area contributed by atoms with Gasteiger partial charge in [-0.2, -0.15) is 0 Å². The highest BCUT2D eigenvalue weighted by atomic mass is 16.1. The third-order valence-corrected chi connectivity index (χ3v) is 1.86. The van der Waals surface area contributed by atoms with Crippen molar-refractivity contribution in [1.82, 2.24) is 19.9 Å². The first kappa shape index (κ1) is 10.1. The van der Waals surface area contributed by atoms with Crippen molar-refractivity contribution < 1.29 is 0 Å². The molecule has 82 valence electrons. The van der Waals surface area contributed by atoms with Crippen molar-refractivity contribution in [2.24, 2.45) is 0 Å². The van der Waals surface area contributed by atoms with Gasteiger partial charge in [-0.15, -0.1) is 0 Å². The summed E-state index contributed by atoms with van der Waals surface area (Å²) < 4.78 is 0. The molecule has 0 aliphatic heterocycles. The molecule has 0 atom stereocenters. The Morgan fingerprint density at radius 1 is 1.31 bits per heavy atom. The Kier molecular flexibility index (Phi) is 2.77. The number of hydrogen-bond donors (Lipinski definition) is 3. The van der Waals surface area contributed by atoms with Crippen LogP contribution in [0.2, 0.25) is 0 Å². The number of rotatable bonds is 3. The second kappa shape index (κ2) is 4.39. The SMILES string of the molecule is Nc1cnc(NCc2ncccn2)[nH]c1=O. The van der Waals surface area contributed by atoms with E-state index in [0.717, 1.165) is 0 Å². The van der Waals surface area contributed by atoms with Crippen LogP contribution < -0.4 is 16.6 Å². The van der Waals surface area contributed by atoms with Crippen molar-refractivity contribution in [1.29, 1.82) is 0 Å². The highest BCUT2D eigenvalue weighted by Gasteiger charge is 1.99. The zero-order valence-corrected chi connectivity index (χ0v) is 8.34. The summed E-state index contributed by atoms with van der Waals surface area (Å²) in [6, 6.07) is 1.73. The predicted molar refractivity (Wildman–Crippen MR) is 58.6 cm³/mol. The van der Waals surface area contributed by atoms with Gasteiger partial charge in [0.25, 0.3) is 5.56 Å². The van der Waals surface area contributed by atoms with Gasteiger partial charge in [-0.3, -0.25) is 9.78 Å². The molecule has 2 aromatic heterocycles. The van der Waals surface area contributed by atoms with Crippen LogP contribution in [0.3, 0.4) is 0 Å². The summed E-state index contributed by atoms with van der Waals surface area (Å²) in [6.07, 6.45) is 4.58. The van der Waals surface area contributed by atoms with Crippen LogP contribution in [-0.4, -0.2) is 19.9 Å². The molecule has 2 rings (SSSR count). The molecule has 0 unspecified atom stereocenters. The number of nitrogens with zero attached hydrogens (tertiary/aromatic N) is 3. The quantitative estimate of drug-likeness (QED) is 0.655. The van der Waals surface area contributed by atoms with E-state index in [-0.39, 0.29) is 11.2 Å². The Labute approximate surface area is 90.8 Å². The fourth-order valence-electron chi connectivity index (χ4n) is 1.08. The summed E-state index contributed by atoms with van der Waals surface area (Å²) >= 11 is 0. The van der Waals surface area contributed by atoms with Crippen LogP contribution in [0.15, 0.2) is 29.5 Å². The average molecular weight is 218 g/mol. The summed E-state index contributed by atoms with van der Waals surface area (Å²) in [5.41, 5.74) is 5.05. The second-order valence-corrected chi connectivity index (χ2v) is 3.03. The molecule has 7 heteroatoms. The average Bonchev–Trinajstić information content (AvgIpc) is 2.32. The highest BCUT2D eigenvalue weighted by Crippen LogP contribution is 1.97. The number of nitrogens with one attached hydrogen (secondary N) is 2. The van der Waals surface area contributed by atoms with Gasteiger partial charge in [0.05, 0.1) is 12.7 Å². The first-order chi connectivity index (χ1) is 7.75. The van der Waals surface area contributed by atoms with Crippen molar-refractivity contribution in [3.63, 3.8) is 0 Å². The summed E-state index contributed by atoms with van der Waals surface area (Å²) in [6.45, 7) is 0.383. The van der Waals surface area contributed by atoms with Crippen molar-refractivity contribution in [2.75, 3.05) is 11.1 Å². The van der Waals surface area contributed by atoms with Gasteiger partial charge in [-0.05, 0) is 6.07 Å². The summed E-state index contributed by atoms with van der Waals surface area (Å²) in [4.78, 5) is 25.6. The van der Waals surface area contributed by atoms with E-state index in [1.807, 2.05) is 0 Å². The molecule has 0 fully saturated rings. The van der Waals surface area contributed by atoms with Crippen LogP contribution in [0.1, 0.15) is 5.82 Å². The van der Waals surface area contributed by atoms with Crippen LogP contribution >= 0.6 is 0 Å². The lowest BCUT2D eigenvalue weighted by atomic mass is 10.5. The molecule has 0 aliphatic carbocycles. The minimum Gasteiger partial charge on any atom is -0.393 e. The first-order valence-corrected chi connectivity index (χ1v) is 4.60. The fourth-order valence-corrected chi connectivity index (χ4v) is 1.08. The molecule has 0 bridgehead atoms. The molecule has 0 saturated heterocycles. The molecule has 2 heterocycles. The van der Waals surface area contributed by atoms with Crippen molar-refractivity contribution in [3.8, 4) is 0 Å².